The van der Waals surface area contributed by atoms with E-state index in [1.807, 2.05) is 13.8 Å². The van der Waals surface area contributed by atoms with Gasteiger partial charge >= 0.3 is 12.1 Å². The molecule has 0 bridgehead atoms. The summed E-state index contributed by atoms with van der Waals surface area (Å²) in [4.78, 5) is 11.6. The molecule has 4 nitrogen and oxygen atoms in total. The zero-order chi connectivity index (χ0) is 15.1. The van der Waals surface area contributed by atoms with Crippen LogP contribution in [-0.2, 0) is 14.3 Å². The third-order valence-corrected chi connectivity index (χ3v) is 2.34. The molecule has 0 aromatic heterocycles. The predicted molar refractivity (Wildman–Crippen MR) is 64.8 cm³/mol. The van der Waals surface area contributed by atoms with E-state index in [0.717, 1.165) is 6.92 Å². The normalized spacial score (nSPS) is 15.4. The smallest absolute Gasteiger partial charge is 0.414 e. The first kappa shape index (κ1) is 18.2. The second-order valence-electron chi connectivity index (χ2n) is 4.47. The number of rotatable bonds is 8. The minimum absolute atomic E-state index is 0.0226. The average Bonchev–Trinajstić information content (AvgIpc) is 2.25. The second kappa shape index (κ2) is 8.37. The Morgan fingerprint density at radius 2 is 1.84 bits per heavy atom. The van der Waals surface area contributed by atoms with Gasteiger partial charge in [-0.3, -0.25) is 4.79 Å². The molecule has 0 aromatic rings. The van der Waals surface area contributed by atoms with Gasteiger partial charge in [0.2, 0.25) is 0 Å². The van der Waals surface area contributed by atoms with Crippen molar-refractivity contribution in [3.05, 3.63) is 0 Å². The minimum Gasteiger partial charge on any atom is -0.465 e. The number of hydrogen-bond donors (Lipinski definition) is 1. The van der Waals surface area contributed by atoms with Crippen molar-refractivity contribution in [1.29, 1.82) is 0 Å². The monoisotopic (exact) mass is 285 g/mol. The molecule has 19 heavy (non-hydrogen) atoms. The fourth-order valence-corrected chi connectivity index (χ4v) is 1.37. The zero-order valence-corrected chi connectivity index (χ0v) is 11.7. The van der Waals surface area contributed by atoms with Crippen molar-refractivity contribution >= 4 is 5.97 Å². The lowest BCUT2D eigenvalue weighted by Gasteiger charge is -2.21. The molecule has 2 unspecified atom stereocenters. The number of nitrogens with one attached hydrogen (secondary N) is 1. The van der Waals surface area contributed by atoms with Crippen LogP contribution in [0.15, 0.2) is 0 Å². The SMILES string of the molecule is CCOC(=O)C(CCOC(C)C(F)(F)F)NC(C)C. The van der Waals surface area contributed by atoms with Crippen LogP contribution in [0.3, 0.4) is 0 Å². The molecule has 0 amide bonds. The molecule has 7 heteroatoms. The molecule has 0 saturated heterocycles. The number of alkyl halides is 3. The van der Waals surface area contributed by atoms with Crippen LogP contribution in [0.2, 0.25) is 0 Å². The van der Waals surface area contributed by atoms with E-state index in [2.05, 4.69) is 10.1 Å². The molecule has 0 fully saturated rings. The van der Waals surface area contributed by atoms with Crippen molar-refractivity contribution in [2.75, 3.05) is 13.2 Å². The van der Waals surface area contributed by atoms with E-state index >= 15 is 0 Å². The molecule has 1 N–H and O–H groups in total. The van der Waals surface area contributed by atoms with Crippen molar-refractivity contribution in [2.45, 2.75) is 58.5 Å². The highest BCUT2D eigenvalue weighted by molar-refractivity contribution is 5.75. The summed E-state index contributed by atoms with van der Waals surface area (Å²) in [5.41, 5.74) is 0. The highest BCUT2D eigenvalue weighted by Gasteiger charge is 2.37. The van der Waals surface area contributed by atoms with Crippen LogP contribution in [0, 0.1) is 0 Å². The summed E-state index contributed by atoms with van der Waals surface area (Å²) in [6, 6.07) is -0.630. The summed E-state index contributed by atoms with van der Waals surface area (Å²) in [5, 5.41) is 2.94. The Balaban J connectivity index is 4.23. The first-order valence-electron chi connectivity index (χ1n) is 6.29. The molecular formula is C12H22F3NO3. The maximum absolute atomic E-state index is 12.2. The Morgan fingerprint density at radius 3 is 2.26 bits per heavy atom. The van der Waals surface area contributed by atoms with Crippen molar-refractivity contribution in [3.8, 4) is 0 Å². The maximum Gasteiger partial charge on any atom is 0.414 e. The molecule has 0 aromatic carbocycles. The van der Waals surface area contributed by atoms with Gasteiger partial charge in [-0.05, 0) is 20.3 Å². The molecule has 0 rings (SSSR count). The lowest BCUT2D eigenvalue weighted by Crippen LogP contribution is -2.43. The summed E-state index contributed by atoms with van der Waals surface area (Å²) in [6.07, 6.45) is -6.09. The molecule has 0 aliphatic rings. The summed E-state index contributed by atoms with van der Waals surface area (Å²) >= 11 is 0. The van der Waals surface area contributed by atoms with E-state index in [1.54, 1.807) is 6.92 Å². The number of ether oxygens (including phenoxy) is 2. The zero-order valence-electron chi connectivity index (χ0n) is 11.7. The van der Waals surface area contributed by atoms with Gasteiger partial charge in [0.05, 0.1) is 6.61 Å². The summed E-state index contributed by atoms with van der Waals surface area (Å²) in [6.45, 7) is 6.36. The lowest BCUT2D eigenvalue weighted by molar-refractivity contribution is -0.214. The van der Waals surface area contributed by atoms with E-state index in [-0.39, 0.29) is 25.7 Å². The minimum atomic E-state index is -4.38. The van der Waals surface area contributed by atoms with E-state index < -0.39 is 24.3 Å². The Hall–Kier alpha value is -0.820. The molecule has 114 valence electrons. The van der Waals surface area contributed by atoms with Crippen LogP contribution >= 0.6 is 0 Å². The van der Waals surface area contributed by atoms with Crippen LogP contribution in [0.25, 0.3) is 0 Å². The maximum atomic E-state index is 12.2. The fraction of sp³-hybridized carbons (Fsp3) is 0.917. The van der Waals surface area contributed by atoms with Gasteiger partial charge in [-0.25, -0.2) is 0 Å². The van der Waals surface area contributed by atoms with Crippen LogP contribution in [0.4, 0.5) is 13.2 Å². The average molecular weight is 285 g/mol. The number of hydrogen-bond acceptors (Lipinski definition) is 4. The lowest BCUT2D eigenvalue weighted by atomic mass is 10.2. The molecule has 2 atom stereocenters. The second-order valence-corrected chi connectivity index (χ2v) is 4.47. The third-order valence-electron chi connectivity index (χ3n) is 2.34. The van der Waals surface area contributed by atoms with Crippen LogP contribution in [0.5, 0.6) is 0 Å². The molecule has 0 radical (unpaired) electrons. The van der Waals surface area contributed by atoms with Crippen molar-refractivity contribution in [3.63, 3.8) is 0 Å². The Labute approximate surface area is 111 Å². The first-order chi connectivity index (χ1) is 8.68. The molecule has 0 aliphatic carbocycles. The van der Waals surface area contributed by atoms with E-state index in [9.17, 15) is 18.0 Å². The summed E-state index contributed by atoms with van der Waals surface area (Å²) in [7, 11) is 0. The molecule has 0 aliphatic heterocycles. The quantitative estimate of drug-likeness (QED) is 0.695. The van der Waals surface area contributed by atoms with Crippen LogP contribution < -0.4 is 5.32 Å². The van der Waals surface area contributed by atoms with Gasteiger partial charge in [0.25, 0.3) is 0 Å². The highest BCUT2D eigenvalue weighted by atomic mass is 19.4. The van der Waals surface area contributed by atoms with Gasteiger partial charge in [-0.2, -0.15) is 13.2 Å². The Morgan fingerprint density at radius 1 is 1.26 bits per heavy atom. The largest absolute Gasteiger partial charge is 0.465 e. The topological polar surface area (TPSA) is 47.6 Å². The van der Waals surface area contributed by atoms with Crippen LogP contribution in [0.1, 0.15) is 34.1 Å². The predicted octanol–water partition coefficient (Wildman–Crippen LogP) is 2.27. The van der Waals surface area contributed by atoms with Gasteiger partial charge in [-0.15, -0.1) is 0 Å². The van der Waals surface area contributed by atoms with Crippen LogP contribution in [-0.4, -0.2) is 43.5 Å². The van der Waals surface area contributed by atoms with Gasteiger partial charge in [0, 0.05) is 12.6 Å². The number of carbonyl (C=O) groups is 1. The summed E-state index contributed by atoms with van der Waals surface area (Å²) < 4.78 is 46.2. The van der Waals surface area contributed by atoms with Gasteiger partial charge < -0.3 is 14.8 Å². The molecule has 0 heterocycles. The Bertz CT molecular complexity index is 269. The number of esters is 1. The molecule has 0 spiro atoms. The van der Waals surface area contributed by atoms with Gasteiger partial charge in [-0.1, -0.05) is 13.8 Å². The van der Waals surface area contributed by atoms with Crippen molar-refractivity contribution < 1.29 is 27.4 Å². The van der Waals surface area contributed by atoms with E-state index in [1.165, 1.54) is 0 Å². The highest BCUT2D eigenvalue weighted by Crippen LogP contribution is 2.22. The molecule has 0 saturated carbocycles. The Kier molecular flexibility index (Phi) is 8.01. The van der Waals surface area contributed by atoms with Crippen molar-refractivity contribution in [2.24, 2.45) is 0 Å². The fourth-order valence-electron chi connectivity index (χ4n) is 1.37. The number of halogens is 3. The van der Waals surface area contributed by atoms with Gasteiger partial charge in [0.1, 0.15) is 6.04 Å². The van der Waals surface area contributed by atoms with Crippen molar-refractivity contribution in [1.82, 2.24) is 5.32 Å². The molecular weight excluding hydrogens is 263 g/mol. The number of carbonyl (C=O) groups excluding carboxylic acids is 1. The first-order valence-corrected chi connectivity index (χ1v) is 6.29. The standard InChI is InChI=1S/C12H22F3NO3/c1-5-18-11(17)10(16-8(2)3)6-7-19-9(4)12(13,14)15/h8-10,16H,5-7H2,1-4H3. The van der Waals surface area contributed by atoms with Gasteiger partial charge in [0.15, 0.2) is 6.10 Å². The third kappa shape index (κ3) is 8.05. The van der Waals surface area contributed by atoms with E-state index in [0.29, 0.717) is 0 Å². The summed E-state index contributed by atoms with van der Waals surface area (Å²) in [5.74, 6) is -0.473. The van der Waals surface area contributed by atoms with E-state index in [4.69, 9.17) is 4.74 Å².